The van der Waals surface area contributed by atoms with E-state index in [4.69, 9.17) is 0 Å². The number of para-hydroxylation sites is 1. The van der Waals surface area contributed by atoms with Crippen LogP contribution in [-0.4, -0.2) is 4.57 Å². The van der Waals surface area contributed by atoms with E-state index >= 15 is 0 Å². The molecule has 1 nitrogen and oxygen atoms in total. The Balaban J connectivity index is 1.77. The third-order valence-corrected chi connectivity index (χ3v) is 7.78. The van der Waals surface area contributed by atoms with E-state index in [1.807, 2.05) is 0 Å². The third-order valence-electron chi connectivity index (χ3n) is 5.36. The second-order valence-electron chi connectivity index (χ2n) is 6.97. The third kappa shape index (κ3) is 2.84. The van der Waals surface area contributed by atoms with Gasteiger partial charge >= 0.3 is 0 Å². The lowest BCUT2D eigenvalue weighted by Gasteiger charge is -2.19. The molecule has 4 aromatic carbocycles. The van der Waals surface area contributed by atoms with Gasteiger partial charge in [0.05, 0.1) is 0 Å². The van der Waals surface area contributed by atoms with E-state index in [0.29, 0.717) is 0 Å². The topological polar surface area (TPSA) is 4.93 Å². The van der Waals surface area contributed by atoms with Gasteiger partial charge in [-0.3, -0.25) is 0 Å². The van der Waals surface area contributed by atoms with E-state index in [1.54, 1.807) is 0 Å². The summed E-state index contributed by atoms with van der Waals surface area (Å²) in [5, 5.41) is 6.88. The molecule has 1 heterocycles. The van der Waals surface area contributed by atoms with Gasteiger partial charge in [-0.15, -0.1) is 0 Å². The van der Waals surface area contributed by atoms with Gasteiger partial charge in [-0.05, 0) is 49.0 Å². The van der Waals surface area contributed by atoms with Gasteiger partial charge in [0.25, 0.3) is 0 Å². The highest BCUT2D eigenvalue weighted by Gasteiger charge is 2.18. The molecule has 0 saturated carbocycles. The number of aryl methyl sites for hydroxylation is 1. The molecule has 0 bridgehead atoms. The smallest absolute Gasteiger partial charge is 0.0491 e. The molecule has 0 aliphatic rings. The highest BCUT2D eigenvalue weighted by molar-refractivity contribution is 7.79. The molecule has 0 amide bonds. The van der Waals surface area contributed by atoms with Crippen molar-refractivity contribution in [3.63, 3.8) is 0 Å². The van der Waals surface area contributed by atoms with Crippen molar-refractivity contribution in [2.24, 2.45) is 0 Å². The van der Waals surface area contributed by atoms with Crippen LogP contribution in [0.2, 0.25) is 0 Å². The van der Waals surface area contributed by atoms with Crippen LogP contribution in [0, 0.1) is 0 Å². The van der Waals surface area contributed by atoms with Crippen LogP contribution >= 0.6 is 7.92 Å². The van der Waals surface area contributed by atoms with Crippen molar-refractivity contribution in [1.82, 2.24) is 4.57 Å². The molecule has 28 heavy (non-hydrogen) atoms. The van der Waals surface area contributed by atoms with Crippen LogP contribution in [0.3, 0.4) is 0 Å². The van der Waals surface area contributed by atoms with Gasteiger partial charge in [0.1, 0.15) is 0 Å². The fourth-order valence-corrected chi connectivity index (χ4v) is 6.44. The number of rotatable bonds is 4. The van der Waals surface area contributed by atoms with E-state index in [-0.39, 0.29) is 0 Å². The minimum atomic E-state index is -0.579. The predicted octanol–water partition coefficient (Wildman–Crippen LogP) is 5.57. The van der Waals surface area contributed by atoms with Crippen molar-refractivity contribution >= 4 is 45.6 Å². The second-order valence-corrected chi connectivity index (χ2v) is 9.19. The van der Waals surface area contributed by atoms with Crippen LogP contribution in [0.15, 0.2) is 103 Å². The fraction of sp³-hybridized carbons (Fsp3) is 0.0769. The lowest BCUT2D eigenvalue weighted by molar-refractivity contribution is 0.827. The Bertz CT molecular complexity index is 1200. The van der Waals surface area contributed by atoms with Crippen LogP contribution in [0.4, 0.5) is 0 Å². The average molecular weight is 379 g/mol. The number of hydrogen-bond donors (Lipinski definition) is 0. The lowest BCUT2D eigenvalue weighted by atomic mass is 10.1. The Labute approximate surface area is 167 Å². The summed E-state index contributed by atoms with van der Waals surface area (Å²) in [5.41, 5.74) is 2.64. The summed E-state index contributed by atoms with van der Waals surface area (Å²) in [6.45, 7) is 3.20. The van der Waals surface area contributed by atoms with E-state index in [0.717, 1.165) is 6.54 Å². The molecule has 2 heteroatoms. The number of fused-ring (bicyclic) bond motifs is 3. The highest BCUT2D eigenvalue weighted by Crippen LogP contribution is 2.36. The minimum Gasteiger partial charge on any atom is -0.341 e. The Hall–Kier alpha value is -2.89. The van der Waals surface area contributed by atoms with E-state index in [2.05, 4.69) is 115 Å². The van der Waals surface area contributed by atoms with Gasteiger partial charge in [-0.25, -0.2) is 0 Å². The van der Waals surface area contributed by atoms with E-state index in [9.17, 15) is 0 Å². The van der Waals surface area contributed by atoms with Crippen LogP contribution < -0.4 is 15.9 Å². The zero-order valence-corrected chi connectivity index (χ0v) is 16.8. The molecule has 0 saturated heterocycles. The standard InChI is InChI=1S/C26H22NP/c1-2-27-25-16-10-9-15-23(25)24-19-22(17-18-26(24)27)28(20-11-5-3-6-12-20)21-13-7-4-8-14-21/h3-19H,2H2,1H3. The van der Waals surface area contributed by atoms with Crippen LogP contribution in [0.1, 0.15) is 6.92 Å². The Morgan fingerprint density at radius 3 is 1.79 bits per heavy atom. The molecule has 0 aliphatic carbocycles. The van der Waals surface area contributed by atoms with Crippen molar-refractivity contribution in [3.8, 4) is 0 Å². The van der Waals surface area contributed by atoms with E-state index in [1.165, 1.54) is 37.7 Å². The summed E-state index contributed by atoms with van der Waals surface area (Å²) in [6, 6.07) is 37.7. The zero-order chi connectivity index (χ0) is 18.9. The first-order valence-corrected chi connectivity index (χ1v) is 11.1. The number of aromatic nitrogens is 1. The molecule has 0 atom stereocenters. The van der Waals surface area contributed by atoms with Gasteiger partial charge in [0, 0.05) is 28.4 Å². The minimum absolute atomic E-state index is 0.579. The Morgan fingerprint density at radius 2 is 1.14 bits per heavy atom. The van der Waals surface area contributed by atoms with Crippen LogP contribution in [-0.2, 0) is 6.54 Å². The van der Waals surface area contributed by atoms with Gasteiger partial charge in [0.15, 0.2) is 0 Å². The summed E-state index contributed by atoms with van der Waals surface area (Å²) < 4.78 is 2.42. The Kier molecular flexibility index (Phi) is 4.47. The molecule has 0 spiro atoms. The molecule has 0 N–H and O–H groups in total. The fourth-order valence-electron chi connectivity index (χ4n) is 4.12. The molecular weight excluding hydrogens is 357 g/mol. The summed E-state index contributed by atoms with van der Waals surface area (Å²) in [4.78, 5) is 0. The van der Waals surface area contributed by atoms with Gasteiger partial charge < -0.3 is 4.57 Å². The first kappa shape index (κ1) is 17.2. The monoisotopic (exact) mass is 379 g/mol. The molecule has 1 aromatic heterocycles. The van der Waals surface area contributed by atoms with Gasteiger partial charge in [-0.1, -0.05) is 84.9 Å². The quantitative estimate of drug-likeness (QED) is 0.360. The first-order chi connectivity index (χ1) is 13.9. The normalized spacial score (nSPS) is 11.5. The SMILES string of the molecule is CCn1c2ccccc2c2cc(P(c3ccccc3)c3ccccc3)ccc21. The van der Waals surface area contributed by atoms with Crippen molar-refractivity contribution < 1.29 is 0 Å². The molecule has 0 fully saturated rings. The van der Waals surface area contributed by atoms with Crippen molar-refractivity contribution in [2.75, 3.05) is 0 Å². The molecular formula is C26H22NP. The van der Waals surface area contributed by atoms with E-state index < -0.39 is 7.92 Å². The van der Waals surface area contributed by atoms with Gasteiger partial charge in [0.2, 0.25) is 0 Å². The number of benzene rings is 4. The number of hydrogen-bond acceptors (Lipinski definition) is 0. The van der Waals surface area contributed by atoms with Crippen molar-refractivity contribution in [1.29, 1.82) is 0 Å². The predicted molar refractivity (Wildman–Crippen MR) is 124 cm³/mol. The maximum atomic E-state index is 2.43. The molecule has 0 aliphatic heterocycles. The maximum Gasteiger partial charge on any atom is 0.0491 e. The molecule has 5 aromatic rings. The number of nitrogens with zero attached hydrogens (tertiary/aromatic N) is 1. The van der Waals surface area contributed by atoms with Crippen molar-refractivity contribution in [3.05, 3.63) is 103 Å². The zero-order valence-electron chi connectivity index (χ0n) is 15.9. The second kappa shape index (κ2) is 7.26. The van der Waals surface area contributed by atoms with Crippen LogP contribution in [0.25, 0.3) is 21.8 Å². The molecule has 0 radical (unpaired) electrons. The summed E-state index contributed by atoms with van der Waals surface area (Å²) in [6.07, 6.45) is 0. The summed E-state index contributed by atoms with van der Waals surface area (Å²) in [7, 11) is -0.579. The first-order valence-electron chi connectivity index (χ1n) is 9.78. The lowest BCUT2D eigenvalue weighted by Crippen LogP contribution is -2.20. The highest BCUT2D eigenvalue weighted by atomic mass is 31.1. The largest absolute Gasteiger partial charge is 0.341 e. The van der Waals surface area contributed by atoms with Crippen molar-refractivity contribution in [2.45, 2.75) is 13.5 Å². The maximum absolute atomic E-state index is 2.43. The Morgan fingerprint density at radius 1 is 0.571 bits per heavy atom. The molecule has 0 unspecified atom stereocenters. The summed E-state index contributed by atoms with van der Waals surface area (Å²) >= 11 is 0. The van der Waals surface area contributed by atoms with Gasteiger partial charge in [-0.2, -0.15) is 0 Å². The molecule has 136 valence electrons. The average Bonchev–Trinajstić information content (AvgIpc) is 3.09. The van der Waals surface area contributed by atoms with Crippen LogP contribution in [0.5, 0.6) is 0 Å². The summed E-state index contributed by atoms with van der Waals surface area (Å²) in [5.74, 6) is 0. The molecule has 5 rings (SSSR count).